The third-order valence-corrected chi connectivity index (χ3v) is 2.46. The van der Waals surface area contributed by atoms with Gasteiger partial charge in [-0.1, -0.05) is 0 Å². The van der Waals surface area contributed by atoms with E-state index < -0.39 is 0 Å². The van der Waals surface area contributed by atoms with Crippen molar-refractivity contribution in [3.8, 4) is 11.3 Å². The van der Waals surface area contributed by atoms with E-state index >= 15 is 0 Å². The molecule has 0 saturated heterocycles. The smallest absolute Gasteiger partial charge is 0.180 e. The lowest BCUT2D eigenvalue weighted by atomic mass is 10.2. The fraction of sp³-hybridized carbons (Fsp3) is 0.100. The average Bonchev–Trinajstić information content (AvgIpc) is 2.87. The third kappa shape index (κ3) is 1.16. The standard InChI is InChI=1S/C10H10N6/c1-15-6-7(4-14-15)8-5-13-9(11)10-12-2-3-16(8)10/h2-6H,1H3,(H2,11,13). The van der Waals surface area contributed by atoms with Crippen LogP contribution in [0.2, 0.25) is 0 Å². The van der Waals surface area contributed by atoms with Gasteiger partial charge in [-0.15, -0.1) is 0 Å². The summed E-state index contributed by atoms with van der Waals surface area (Å²) in [6.45, 7) is 0. The maximum atomic E-state index is 5.74. The predicted octanol–water partition coefficient (Wildman–Crippen LogP) is 0.712. The quantitative estimate of drug-likeness (QED) is 0.647. The summed E-state index contributed by atoms with van der Waals surface area (Å²) in [6, 6.07) is 0. The van der Waals surface area contributed by atoms with E-state index in [0.717, 1.165) is 11.3 Å². The summed E-state index contributed by atoms with van der Waals surface area (Å²) in [5.41, 5.74) is 8.32. The van der Waals surface area contributed by atoms with E-state index in [-0.39, 0.29) is 0 Å². The molecule has 0 aliphatic carbocycles. The molecular weight excluding hydrogens is 204 g/mol. The van der Waals surface area contributed by atoms with Crippen LogP contribution in [0.4, 0.5) is 5.82 Å². The minimum Gasteiger partial charge on any atom is -0.381 e. The van der Waals surface area contributed by atoms with Crippen LogP contribution in [0.5, 0.6) is 0 Å². The monoisotopic (exact) mass is 214 g/mol. The number of aromatic nitrogens is 5. The SMILES string of the molecule is Cn1cc(-c2cnc(N)c3nccn23)cn1. The molecule has 3 aromatic rings. The minimum absolute atomic E-state index is 0.428. The molecule has 2 N–H and O–H groups in total. The number of fused-ring (bicyclic) bond motifs is 1. The van der Waals surface area contributed by atoms with Crippen LogP contribution in [0.1, 0.15) is 0 Å². The Morgan fingerprint density at radius 3 is 2.88 bits per heavy atom. The number of hydrogen-bond acceptors (Lipinski definition) is 4. The van der Waals surface area contributed by atoms with Gasteiger partial charge in [0.1, 0.15) is 0 Å². The number of nitrogens with two attached hydrogens (primary N) is 1. The molecule has 3 rings (SSSR count). The predicted molar refractivity (Wildman–Crippen MR) is 59.6 cm³/mol. The van der Waals surface area contributed by atoms with Gasteiger partial charge in [0.05, 0.1) is 18.1 Å². The summed E-state index contributed by atoms with van der Waals surface area (Å²) >= 11 is 0. The number of rotatable bonds is 1. The van der Waals surface area contributed by atoms with Crippen molar-refractivity contribution in [1.82, 2.24) is 24.1 Å². The fourth-order valence-electron chi connectivity index (χ4n) is 1.71. The highest BCUT2D eigenvalue weighted by Crippen LogP contribution is 2.20. The molecule has 0 saturated carbocycles. The Kier molecular flexibility index (Phi) is 1.70. The number of nitrogens with zero attached hydrogens (tertiary/aromatic N) is 5. The summed E-state index contributed by atoms with van der Waals surface area (Å²) in [5, 5.41) is 4.13. The molecule has 0 bridgehead atoms. The van der Waals surface area contributed by atoms with Crippen molar-refractivity contribution in [2.24, 2.45) is 7.05 Å². The van der Waals surface area contributed by atoms with E-state index in [1.165, 1.54) is 0 Å². The second-order valence-electron chi connectivity index (χ2n) is 3.55. The second-order valence-corrected chi connectivity index (χ2v) is 3.55. The molecule has 0 unspecified atom stereocenters. The van der Waals surface area contributed by atoms with Crippen LogP contribution in [0.3, 0.4) is 0 Å². The Bertz CT molecular complexity index is 650. The van der Waals surface area contributed by atoms with Gasteiger partial charge in [0.15, 0.2) is 11.5 Å². The molecule has 0 aliphatic heterocycles. The fourth-order valence-corrected chi connectivity index (χ4v) is 1.71. The van der Waals surface area contributed by atoms with E-state index in [0.29, 0.717) is 11.5 Å². The first-order valence-corrected chi connectivity index (χ1v) is 4.82. The minimum atomic E-state index is 0.428. The van der Waals surface area contributed by atoms with Gasteiger partial charge >= 0.3 is 0 Å². The van der Waals surface area contributed by atoms with Crippen molar-refractivity contribution < 1.29 is 0 Å². The first kappa shape index (κ1) is 8.90. The number of hydrogen-bond donors (Lipinski definition) is 1. The summed E-state index contributed by atoms with van der Waals surface area (Å²) in [5.74, 6) is 0.428. The van der Waals surface area contributed by atoms with E-state index in [9.17, 15) is 0 Å². The number of nitrogen functional groups attached to an aromatic ring is 1. The highest BCUT2D eigenvalue weighted by molar-refractivity contribution is 5.67. The highest BCUT2D eigenvalue weighted by Gasteiger charge is 2.08. The molecule has 3 aromatic heterocycles. The number of anilines is 1. The Labute approximate surface area is 91.4 Å². The summed E-state index contributed by atoms with van der Waals surface area (Å²) in [7, 11) is 1.87. The first-order valence-electron chi connectivity index (χ1n) is 4.82. The number of aryl methyl sites for hydroxylation is 1. The molecule has 3 heterocycles. The molecule has 0 amide bonds. The lowest BCUT2D eigenvalue weighted by molar-refractivity contribution is 0.768. The van der Waals surface area contributed by atoms with Crippen LogP contribution in [-0.2, 0) is 7.05 Å². The zero-order valence-corrected chi connectivity index (χ0v) is 8.70. The van der Waals surface area contributed by atoms with Crippen LogP contribution in [0.15, 0.2) is 31.0 Å². The summed E-state index contributed by atoms with van der Waals surface area (Å²) < 4.78 is 3.65. The van der Waals surface area contributed by atoms with Crippen molar-refractivity contribution in [2.45, 2.75) is 0 Å². The van der Waals surface area contributed by atoms with Gasteiger partial charge in [-0.05, 0) is 0 Å². The molecule has 80 valence electrons. The van der Waals surface area contributed by atoms with Gasteiger partial charge in [0.2, 0.25) is 0 Å². The highest BCUT2D eigenvalue weighted by atomic mass is 15.2. The van der Waals surface area contributed by atoms with Gasteiger partial charge < -0.3 is 5.73 Å². The van der Waals surface area contributed by atoms with E-state index in [1.54, 1.807) is 23.3 Å². The Morgan fingerprint density at radius 1 is 1.25 bits per heavy atom. The summed E-state index contributed by atoms with van der Waals surface area (Å²) in [4.78, 5) is 8.28. The zero-order chi connectivity index (χ0) is 11.1. The van der Waals surface area contributed by atoms with Crippen molar-refractivity contribution in [3.05, 3.63) is 31.0 Å². The van der Waals surface area contributed by atoms with Crippen LogP contribution >= 0.6 is 0 Å². The van der Waals surface area contributed by atoms with Gasteiger partial charge in [-0.2, -0.15) is 5.10 Å². The molecule has 16 heavy (non-hydrogen) atoms. The molecule has 6 nitrogen and oxygen atoms in total. The maximum Gasteiger partial charge on any atom is 0.180 e. The van der Waals surface area contributed by atoms with Crippen LogP contribution < -0.4 is 5.73 Å². The van der Waals surface area contributed by atoms with Gasteiger partial charge in [0, 0.05) is 31.2 Å². The molecule has 0 radical (unpaired) electrons. The third-order valence-electron chi connectivity index (χ3n) is 2.46. The lowest BCUT2D eigenvalue weighted by Gasteiger charge is -2.03. The molecule has 0 fully saturated rings. The van der Waals surface area contributed by atoms with Crippen molar-refractivity contribution in [3.63, 3.8) is 0 Å². The Hall–Kier alpha value is -2.37. The van der Waals surface area contributed by atoms with Crippen LogP contribution in [0.25, 0.3) is 16.9 Å². The molecular formula is C10H10N6. The van der Waals surface area contributed by atoms with Gasteiger partial charge in [-0.25, -0.2) is 9.97 Å². The van der Waals surface area contributed by atoms with E-state index in [1.807, 2.05) is 23.8 Å². The topological polar surface area (TPSA) is 74.0 Å². The molecule has 0 aromatic carbocycles. The largest absolute Gasteiger partial charge is 0.381 e. The number of imidazole rings is 1. The lowest BCUT2D eigenvalue weighted by Crippen LogP contribution is -1.98. The summed E-state index contributed by atoms with van der Waals surface area (Å²) in [6.07, 6.45) is 8.99. The van der Waals surface area contributed by atoms with Gasteiger partial charge in [0.25, 0.3) is 0 Å². The average molecular weight is 214 g/mol. The van der Waals surface area contributed by atoms with Crippen molar-refractivity contribution in [2.75, 3.05) is 5.73 Å². The zero-order valence-electron chi connectivity index (χ0n) is 8.70. The molecule has 6 heteroatoms. The first-order chi connectivity index (χ1) is 7.75. The van der Waals surface area contributed by atoms with Crippen molar-refractivity contribution in [1.29, 1.82) is 0 Å². The molecule has 0 atom stereocenters. The van der Waals surface area contributed by atoms with Crippen LogP contribution in [-0.4, -0.2) is 24.1 Å². The van der Waals surface area contributed by atoms with Gasteiger partial charge in [-0.3, -0.25) is 9.08 Å². The molecule has 0 spiro atoms. The normalized spacial score (nSPS) is 11.1. The Balaban J connectivity index is 2.32. The second kappa shape index (κ2) is 3.06. The van der Waals surface area contributed by atoms with Crippen molar-refractivity contribution >= 4 is 11.5 Å². The van der Waals surface area contributed by atoms with E-state index in [2.05, 4.69) is 15.1 Å². The molecule has 0 aliphatic rings. The maximum absolute atomic E-state index is 5.74. The van der Waals surface area contributed by atoms with Crippen LogP contribution in [0, 0.1) is 0 Å². The van der Waals surface area contributed by atoms with E-state index in [4.69, 9.17) is 5.73 Å². The Morgan fingerprint density at radius 2 is 2.12 bits per heavy atom.